The number of fused-ring (bicyclic) bond motifs is 4. The molecule has 0 unspecified atom stereocenters. The Morgan fingerprint density at radius 2 is 1.73 bits per heavy atom. The van der Waals surface area contributed by atoms with Gasteiger partial charge in [-0.15, -0.1) is 11.3 Å². The minimum absolute atomic E-state index is 0.0462. The van der Waals surface area contributed by atoms with E-state index in [9.17, 15) is 9.59 Å². The van der Waals surface area contributed by atoms with E-state index >= 15 is 0 Å². The SMILES string of the molecule is Cc1cc2nc3s/c(=C\c4cc(C)n(-c5sc6c(c5C(=O)Nc5ccccc5)CCCC6)c4C)c(=O)n3c2cc1C. The maximum Gasteiger partial charge on any atom is 0.274 e. The Balaban J connectivity index is 1.35. The van der Waals surface area contributed by atoms with E-state index in [4.69, 9.17) is 4.98 Å². The second-order valence-electron chi connectivity index (χ2n) is 10.9. The molecule has 0 atom stereocenters. The zero-order chi connectivity index (χ0) is 28.4. The van der Waals surface area contributed by atoms with Crippen molar-refractivity contribution in [2.45, 2.75) is 53.4 Å². The Hall–Kier alpha value is -4.01. The molecule has 0 radical (unpaired) electrons. The van der Waals surface area contributed by atoms with E-state index in [1.165, 1.54) is 27.3 Å². The number of carbonyl (C=O) groups excluding carboxylic acids is 1. The van der Waals surface area contributed by atoms with Crippen LogP contribution in [0.3, 0.4) is 0 Å². The van der Waals surface area contributed by atoms with Crippen molar-refractivity contribution < 1.29 is 4.79 Å². The third-order valence-electron chi connectivity index (χ3n) is 8.23. The molecular formula is C33H30N4O2S2. The Labute approximate surface area is 245 Å². The van der Waals surface area contributed by atoms with E-state index in [0.717, 1.165) is 75.5 Å². The molecule has 0 saturated carbocycles. The van der Waals surface area contributed by atoms with Crippen LogP contribution in [0.2, 0.25) is 0 Å². The lowest BCUT2D eigenvalue weighted by Gasteiger charge is -2.14. The topological polar surface area (TPSA) is 68.4 Å². The van der Waals surface area contributed by atoms with Gasteiger partial charge in [0.2, 0.25) is 0 Å². The molecule has 1 aliphatic carbocycles. The number of amides is 1. The quantitative estimate of drug-likeness (QED) is 0.254. The number of nitrogens with one attached hydrogen (secondary N) is 1. The van der Waals surface area contributed by atoms with Gasteiger partial charge in [0.25, 0.3) is 11.5 Å². The lowest BCUT2D eigenvalue weighted by Crippen LogP contribution is -2.22. The van der Waals surface area contributed by atoms with E-state index in [2.05, 4.69) is 49.7 Å². The molecule has 0 saturated heterocycles. The van der Waals surface area contributed by atoms with E-state index in [0.29, 0.717) is 9.49 Å². The molecule has 6 nitrogen and oxygen atoms in total. The first-order valence-electron chi connectivity index (χ1n) is 13.9. The molecular weight excluding hydrogens is 549 g/mol. The number of thiazole rings is 1. The van der Waals surface area contributed by atoms with Crippen molar-refractivity contribution in [3.63, 3.8) is 0 Å². The van der Waals surface area contributed by atoms with Crippen molar-refractivity contribution >= 4 is 56.3 Å². The fraction of sp³-hybridized carbons (Fsp3) is 0.242. The number of anilines is 1. The normalized spacial score (nSPS) is 13.8. The summed E-state index contributed by atoms with van der Waals surface area (Å²) in [6.07, 6.45) is 6.15. The zero-order valence-corrected chi connectivity index (χ0v) is 25.1. The van der Waals surface area contributed by atoms with Crippen molar-refractivity contribution in [2.24, 2.45) is 0 Å². The highest BCUT2D eigenvalue weighted by Gasteiger charge is 2.28. The molecule has 41 heavy (non-hydrogen) atoms. The maximum absolute atomic E-state index is 13.8. The van der Waals surface area contributed by atoms with Crippen molar-refractivity contribution in [1.82, 2.24) is 14.0 Å². The van der Waals surface area contributed by atoms with Crippen LogP contribution in [0.25, 0.3) is 27.1 Å². The van der Waals surface area contributed by atoms with E-state index in [1.54, 1.807) is 15.7 Å². The lowest BCUT2D eigenvalue weighted by molar-refractivity contribution is 0.102. The molecule has 0 bridgehead atoms. The first kappa shape index (κ1) is 25.9. The molecule has 206 valence electrons. The van der Waals surface area contributed by atoms with Gasteiger partial charge in [0.15, 0.2) is 4.96 Å². The van der Waals surface area contributed by atoms with E-state index in [1.807, 2.05) is 42.5 Å². The summed E-state index contributed by atoms with van der Waals surface area (Å²) >= 11 is 3.15. The minimum Gasteiger partial charge on any atom is -0.322 e. The Kier molecular flexibility index (Phi) is 6.21. The molecule has 0 aliphatic heterocycles. The molecule has 6 aromatic rings. The smallest absolute Gasteiger partial charge is 0.274 e. The van der Waals surface area contributed by atoms with Crippen LogP contribution in [-0.2, 0) is 12.8 Å². The summed E-state index contributed by atoms with van der Waals surface area (Å²) < 4.78 is 4.58. The average molecular weight is 579 g/mol. The van der Waals surface area contributed by atoms with E-state index < -0.39 is 0 Å². The molecule has 1 N–H and O–H groups in total. The van der Waals surface area contributed by atoms with Crippen LogP contribution in [0.15, 0.2) is 53.3 Å². The van der Waals surface area contributed by atoms with Gasteiger partial charge in [0.1, 0.15) is 5.00 Å². The number of para-hydroxylation sites is 1. The summed E-state index contributed by atoms with van der Waals surface area (Å²) in [5.41, 5.74) is 9.74. The van der Waals surface area contributed by atoms with Crippen LogP contribution in [0.5, 0.6) is 0 Å². The maximum atomic E-state index is 13.8. The summed E-state index contributed by atoms with van der Waals surface area (Å²) in [6.45, 7) is 8.26. The fourth-order valence-corrected chi connectivity index (χ4v) is 8.44. The van der Waals surface area contributed by atoms with Gasteiger partial charge in [0, 0.05) is 22.0 Å². The molecule has 1 amide bonds. The predicted octanol–water partition coefficient (Wildman–Crippen LogP) is 6.67. The highest BCUT2D eigenvalue weighted by Crippen LogP contribution is 2.39. The first-order chi connectivity index (χ1) is 19.8. The van der Waals surface area contributed by atoms with Crippen LogP contribution >= 0.6 is 22.7 Å². The van der Waals surface area contributed by atoms with Crippen molar-refractivity contribution in [3.8, 4) is 5.00 Å². The van der Waals surface area contributed by atoms with Crippen LogP contribution < -0.4 is 15.4 Å². The van der Waals surface area contributed by atoms with E-state index in [-0.39, 0.29) is 11.5 Å². The number of hydrogen-bond donors (Lipinski definition) is 1. The lowest BCUT2D eigenvalue weighted by atomic mass is 9.95. The summed E-state index contributed by atoms with van der Waals surface area (Å²) in [4.78, 5) is 34.1. The second-order valence-corrected chi connectivity index (χ2v) is 13.0. The molecule has 0 fully saturated rings. The summed E-state index contributed by atoms with van der Waals surface area (Å²) in [6, 6.07) is 15.8. The number of benzene rings is 2. The number of thiophene rings is 1. The monoisotopic (exact) mass is 578 g/mol. The molecule has 1 aliphatic rings. The van der Waals surface area contributed by atoms with Gasteiger partial charge >= 0.3 is 0 Å². The van der Waals surface area contributed by atoms with Gasteiger partial charge in [-0.05, 0) is 112 Å². The van der Waals surface area contributed by atoms with Crippen molar-refractivity contribution in [3.05, 3.63) is 107 Å². The number of aryl methyl sites for hydroxylation is 4. The number of hydrogen-bond acceptors (Lipinski definition) is 5. The molecule has 7 rings (SSSR count). The largest absolute Gasteiger partial charge is 0.322 e. The van der Waals surface area contributed by atoms with Crippen LogP contribution in [0.1, 0.15) is 61.7 Å². The third kappa shape index (κ3) is 4.24. The Morgan fingerprint density at radius 3 is 2.54 bits per heavy atom. The highest BCUT2D eigenvalue weighted by atomic mass is 32.1. The zero-order valence-electron chi connectivity index (χ0n) is 23.5. The van der Waals surface area contributed by atoms with Gasteiger partial charge in [-0.25, -0.2) is 9.38 Å². The van der Waals surface area contributed by atoms with Gasteiger partial charge in [-0.2, -0.15) is 0 Å². The van der Waals surface area contributed by atoms with Crippen LogP contribution in [0, 0.1) is 27.7 Å². The van der Waals surface area contributed by atoms with Crippen molar-refractivity contribution in [1.29, 1.82) is 0 Å². The molecule has 4 aromatic heterocycles. The van der Waals surface area contributed by atoms with Crippen molar-refractivity contribution in [2.75, 3.05) is 5.32 Å². The third-order valence-corrected chi connectivity index (χ3v) is 10.5. The second kappa shape index (κ2) is 9.82. The first-order valence-corrected chi connectivity index (χ1v) is 15.6. The molecule has 8 heteroatoms. The molecule has 0 spiro atoms. The number of rotatable bonds is 4. The van der Waals surface area contributed by atoms with Gasteiger partial charge < -0.3 is 9.88 Å². The predicted molar refractivity (Wildman–Crippen MR) is 169 cm³/mol. The molecule has 2 aromatic carbocycles. The summed E-state index contributed by atoms with van der Waals surface area (Å²) in [5, 5.41) is 4.09. The fourth-order valence-electron chi connectivity index (χ4n) is 5.96. The summed E-state index contributed by atoms with van der Waals surface area (Å²) in [5.74, 6) is -0.0673. The van der Waals surface area contributed by atoms with Crippen LogP contribution in [-0.4, -0.2) is 19.9 Å². The Bertz CT molecular complexity index is 2110. The summed E-state index contributed by atoms with van der Waals surface area (Å²) in [7, 11) is 0. The van der Waals surface area contributed by atoms with Crippen LogP contribution in [0.4, 0.5) is 5.69 Å². The highest BCUT2D eigenvalue weighted by molar-refractivity contribution is 7.15. The van der Waals surface area contributed by atoms with Gasteiger partial charge in [0.05, 0.1) is 21.1 Å². The number of imidazole rings is 1. The Morgan fingerprint density at radius 1 is 0.976 bits per heavy atom. The minimum atomic E-state index is -0.0673. The standard InChI is InChI=1S/C33H30N4O2S2/c1-18-14-25-26(15-19(18)2)37-31(39)28(41-33(37)35-25)17-22-16-20(3)36(21(22)4)32-29(24-12-8-9-13-27(24)40-32)30(38)34-23-10-6-5-7-11-23/h5-7,10-11,14-17H,8-9,12-13H2,1-4H3,(H,34,38)/b28-17-. The number of carbonyl (C=O) groups is 1. The van der Waals surface area contributed by atoms with Gasteiger partial charge in [-0.1, -0.05) is 29.5 Å². The number of nitrogens with zero attached hydrogens (tertiary/aromatic N) is 3. The average Bonchev–Trinajstić information content (AvgIpc) is 3.66. The molecule has 4 heterocycles. The number of aromatic nitrogens is 3. The van der Waals surface area contributed by atoms with Gasteiger partial charge in [-0.3, -0.25) is 9.59 Å².